The Balaban J connectivity index is 5.15. The fourth-order valence-electron chi connectivity index (χ4n) is 9.35. The third kappa shape index (κ3) is 58.2. The minimum atomic E-state index is -4.70. The molecule has 0 spiro atoms. The summed E-state index contributed by atoms with van der Waals surface area (Å²) in [6.07, 6.45) is 71.8. The largest absolute Gasteiger partial charge is 0.756 e. The molecule has 10 heteroatoms. The normalized spacial score (nSPS) is 14.0. The Morgan fingerprint density at radius 3 is 1.19 bits per heavy atom. The van der Waals surface area contributed by atoms with E-state index in [1.54, 1.807) is 0 Å². The van der Waals surface area contributed by atoms with Gasteiger partial charge in [-0.15, -0.1) is 0 Å². The maximum Gasteiger partial charge on any atom is 0.306 e. The number of carbonyl (C=O) groups is 2. The zero-order chi connectivity index (χ0) is 56.4. The molecule has 0 aliphatic carbocycles. The molecular formula is C67H125N2O7P. The Labute approximate surface area is 477 Å². The minimum absolute atomic E-state index is 0.0240. The first-order chi connectivity index (χ1) is 37.4. The second-order valence-corrected chi connectivity index (χ2v) is 24.7. The van der Waals surface area contributed by atoms with Gasteiger partial charge in [-0.3, -0.25) is 14.2 Å². The van der Waals surface area contributed by atoms with Crippen LogP contribution in [0.3, 0.4) is 0 Å². The molecule has 1 N–H and O–H groups in total. The molecule has 0 aliphatic rings. The lowest BCUT2D eigenvalue weighted by molar-refractivity contribution is -0.870. The number of likely N-dealkylation sites (N-methyl/N-ethyl adjacent to an activating group) is 1. The molecule has 0 saturated heterocycles. The summed E-state index contributed by atoms with van der Waals surface area (Å²) in [5, 5.41) is 3.03. The van der Waals surface area contributed by atoms with Crippen molar-refractivity contribution in [3.63, 3.8) is 0 Å². The number of allylic oxidation sites excluding steroid dienone is 9. The van der Waals surface area contributed by atoms with Gasteiger partial charge in [0.15, 0.2) is 0 Å². The summed E-state index contributed by atoms with van der Waals surface area (Å²) in [4.78, 5) is 40.0. The van der Waals surface area contributed by atoms with Crippen LogP contribution >= 0.6 is 7.82 Å². The first-order valence-electron chi connectivity index (χ1n) is 32.6. The molecule has 0 fully saturated rings. The fourth-order valence-corrected chi connectivity index (χ4v) is 10.1. The highest BCUT2D eigenvalue weighted by atomic mass is 31.2. The van der Waals surface area contributed by atoms with Crippen molar-refractivity contribution in [3.05, 3.63) is 60.8 Å². The lowest BCUT2D eigenvalue weighted by Gasteiger charge is -2.30. The van der Waals surface area contributed by atoms with Crippen LogP contribution in [0.4, 0.5) is 0 Å². The van der Waals surface area contributed by atoms with Crippen molar-refractivity contribution in [2.24, 2.45) is 0 Å². The van der Waals surface area contributed by atoms with E-state index >= 15 is 0 Å². The van der Waals surface area contributed by atoms with Gasteiger partial charge in [0.2, 0.25) is 5.91 Å². The summed E-state index contributed by atoms with van der Waals surface area (Å²) in [5.74, 6) is -0.541. The molecule has 0 aromatic heterocycles. The molecule has 0 bridgehead atoms. The molecule has 0 heterocycles. The number of unbranched alkanes of at least 4 members (excludes halogenated alkanes) is 35. The number of nitrogens with zero attached hydrogens (tertiary/aromatic N) is 1. The highest BCUT2D eigenvalue weighted by molar-refractivity contribution is 7.45. The van der Waals surface area contributed by atoms with Crippen LogP contribution in [0.5, 0.6) is 0 Å². The van der Waals surface area contributed by atoms with E-state index in [9.17, 15) is 19.0 Å². The van der Waals surface area contributed by atoms with Crippen molar-refractivity contribution in [3.8, 4) is 0 Å². The zero-order valence-corrected chi connectivity index (χ0v) is 52.3. The van der Waals surface area contributed by atoms with Crippen LogP contribution in [0.25, 0.3) is 0 Å². The molecule has 0 rings (SSSR count). The molecule has 0 aromatic carbocycles. The van der Waals surface area contributed by atoms with E-state index in [-0.39, 0.29) is 24.9 Å². The molecular weight excluding hydrogens is 976 g/mol. The van der Waals surface area contributed by atoms with E-state index in [2.05, 4.69) is 74.7 Å². The van der Waals surface area contributed by atoms with E-state index in [1.165, 1.54) is 186 Å². The summed E-state index contributed by atoms with van der Waals surface area (Å²) in [7, 11) is 1.18. The van der Waals surface area contributed by atoms with Gasteiger partial charge in [-0.2, -0.15) is 0 Å². The van der Waals surface area contributed by atoms with Crippen molar-refractivity contribution in [1.29, 1.82) is 0 Å². The first-order valence-corrected chi connectivity index (χ1v) is 34.1. The number of phosphoric ester groups is 1. The SMILES string of the molecule is CCCCC/C=C\C/C=C\CCCCCCCCCCCCCC(=O)OC(/C=C/CCCCCCCCCCC)C(COP(=O)([O-])OCC[N+](C)(C)C)NC(=O)CCCCCCCCCCC/C=C\C/C=C\CCCCC. The van der Waals surface area contributed by atoms with Crippen LogP contribution in [-0.4, -0.2) is 69.4 Å². The van der Waals surface area contributed by atoms with Gasteiger partial charge in [0.1, 0.15) is 19.3 Å². The summed E-state index contributed by atoms with van der Waals surface area (Å²) < 4.78 is 30.3. The van der Waals surface area contributed by atoms with E-state index in [4.69, 9.17) is 13.8 Å². The molecule has 77 heavy (non-hydrogen) atoms. The topological polar surface area (TPSA) is 114 Å². The number of ether oxygens (including phenoxy) is 1. The summed E-state index contributed by atoms with van der Waals surface area (Å²) in [6, 6.07) is -0.892. The maximum absolute atomic E-state index is 13.5. The van der Waals surface area contributed by atoms with Crippen LogP contribution < -0.4 is 10.2 Å². The second-order valence-electron chi connectivity index (χ2n) is 23.3. The lowest BCUT2D eigenvalue weighted by Crippen LogP contribution is -2.47. The van der Waals surface area contributed by atoms with Crippen LogP contribution in [0.2, 0.25) is 0 Å². The van der Waals surface area contributed by atoms with Crippen molar-refractivity contribution < 1.29 is 37.3 Å². The van der Waals surface area contributed by atoms with Crippen LogP contribution in [0, 0.1) is 0 Å². The molecule has 9 nitrogen and oxygen atoms in total. The smallest absolute Gasteiger partial charge is 0.306 e. The van der Waals surface area contributed by atoms with E-state index in [1.807, 2.05) is 33.3 Å². The number of hydrogen-bond donors (Lipinski definition) is 1. The van der Waals surface area contributed by atoms with Gasteiger partial charge in [0.05, 0.1) is 33.8 Å². The molecule has 450 valence electrons. The average Bonchev–Trinajstić information content (AvgIpc) is 3.39. The quantitative estimate of drug-likeness (QED) is 0.0212. The van der Waals surface area contributed by atoms with Crippen LogP contribution in [0.1, 0.15) is 303 Å². The Morgan fingerprint density at radius 1 is 0.455 bits per heavy atom. The highest BCUT2D eigenvalue weighted by Crippen LogP contribution is 2.38. The van der Waals surface area contributed by atoms with Gasteiger partial charge >= 0.3 is 5.97 Å². The highest BCUT2D eigenvalue weighted by Gasteiger charge is 2.27. The van der Waals surface area contributed by atoms with E-state index < -0.39 is 26.6 Å². The number of phosphoric acid groups is 1. The number of quaternary nitrogens is 1. The number of rotatable bonds is 59. The summed E-state index contributed by atoms with van der Waals surface area (Å²) in [6.45, 7) is 6.81. The third-order valence-corrected chi connectivity index (χ3v) is 15.4. The molecule has 0 radical (unpaired) electrons. The standard InChI is InChI=1S/C67H125N2O7P/c1-7-10-13-16-19-22-25-27-29-31-33-34-36-38-40-42-45-48-51-54-57-60-67(71)76-65(58-55-52-49-46-43-24-21-18-15-12-9-3)64(63-75-77(72,73)74-62-61-69(4,5)6)68-66(70)59-56-53-50-47-44-41-39-37-35-32-30-28-26-23-20-17-14-11-8-2/h19-20,22-23,27-30,55,58,64-65H,7-18,21,24-26,31-54,56-57,59-63H2,1-6H3,(H-,68,70,72,73)/b22-19-,23-20-,29-27-,30-28-,58-55+. The Hall–Kier alpha value is -2.29. The fraction of sp³-hybridized carbons (Fsp3) is 0.821. The molecule has 0 saturated carbocycles. The minimum Gasteiger partial charge on any atom is -0.756 e. The Morgan fingerprint density at radius 2 is 0.792 bits per heavy atom. The third-order valence-electron chi connectivity index (χ3n) is 14.4. The molecule has 3 atom stereocenters. The molecule has 0 aliphatic heterocycles. The van der Waals surface area contributed by atoms with Crippen LogP contribution in [-0.2, 0) is 27.9 Å². The van der Waals surface area contributed by atoms with Gasteiger partial charge in [-0.05, 0) is 96.0 Å². The first kappa shape index (κ1) is 74.7. The van der Waals surface area contributed by atoms with Crippen LogP contribution in [0.15, 0.2) is 60.8 Å². The van der Waals surface area contributed by atoms with Gasteiger partial charge in [0.25, 0.3) is 7.82 Å². The number of nitrogens with one attached hydrogen (secondary N) is 1. The van der Waals surface area contributed by atoms with E-state index in [0.29, 0.717) is 17.4 Å². The lowest BCUT2D eigenvalue weighted by atomic mass is 10.0. The van der Waals surface area contributed by atoms with Crippen molar-refractivity contribution in [2.45, 2.75) is 315 Å². The van der Waals surface area contributed by atoms with E-state index in [0.717, 1.165) is 83.5 Å². The van der Waals surface area contributed by atoms with Gasteiger partial charge in [-0.25, -0.2) is 0 Å². The summed E-state index contributed by atoms with van der Waals surface area (Å²) >= 11 is 0. The molecule has 1 amide bonds. The number of carbonyl (C=O) groups excluding carboxylic acids is 2. The molecule has 0 aromatic rings. The predicted octanol–water partition coefficient (Wildman–Crippen LogP) is 19.6. The second kappa shape index (κ2) is 57.0. The number of amides is 1. The Kier molecular flexibility index (Phi) is 55.3. The monoisotopic (exact) mass is 1100 g/mol. The number of esters is 1. The molecule has 3 unspecified atom stereocenters. The van der Waals surface area contributed by atoms with Crippen molar-refractivity contribution in [2.75, 3.05) is 40.9 Å². The Bertz CT molecular complexity index is 1500. The number of hydrogen-bond acceptors (Lipinski definition) is 7. The van der Waals surface area contributed by atoms with Gasteiger partial charge in [-0.1, -0.05) is 255 Å². The zero-order valence-electron chi connectivity index (χ0n) is 51.4. The van der Waals surface area contributed by atoms with Crippen molar-refractivity contribution in [1.82, 2.24) is 5.32 Å². The van der Waals surface area contributed by atoms with Gasteiger partial charge < -0.3 is 28.5 Å². The predicted molar refractivity (Wildman–Crippen MR) is 330 cm³/mol. The summed E-state index contributed by atoms with van der Waals surface area (Å²) in [5.41, 5.74) is 0. The average molecular weight is 1100 g/mol. The van der Waals surface area contributed by atoms with Crippen molar-refractivity contribution >= 4 is 19.7 Å². The maximum atomic E-state index is 13.5. The van der Waals surface area contributed by atoms with Gasteiger partial charge in [0, 0.05) is 12.8 Å².